The Hall–Kier alpha value is -11.3. The summed E-state index contributed by atoms with van der Waals surface area (Å²) in [6.45, 7) is -0.428. The lowest BCUT2D eigenvalue weighted by Crippen LogP contribution is -2.61. The maximum atomic E-state index is 10.7. The SMILES string of the molecule is [2H]c1c([2H])c([2H])c2c(c1[2H])c1c([2H])c(C#N)c([2H])c([2H])c1n2-c1cc2c3c(c1)N(c1ccccc1-c1cc4ccccc4c4ccccc14)c1cc4c(cc1B3c1cc3sc5ccccc5c3cc1N2c1ccccc1-c1cc2ccccc2c2ccccc12)sc1ccccc14. The number of aromatic nitrogens is 1. The van der Waals surface area contributed by atoms with Crippen molar-refractivity contribution in [3.63, 3.8) is 0 Å². The molecule has 0 amide bonds. The van der Waals surface area contributed by atoms with Crippen LogP contribution < -0.4 is 26.2 Å². The monoisotopic (exact) mass is 1180 g/mol. The molecule has 0 fully saturated rings. The highest BCUT2D eigenvalue weighted by Crippen LogP contribution is 2.53. The first-order chi connectivity index (χ1) is 47.5. The average molecular weight is 1180 g/mol. The van der Waals surface area contributed by atoms with E-state index in [2.05, 4.69) is 252 Å². The molecule has 414 valence electrons. The summed E-state index contributed by atoms with van der Waals surface area (Å²) in [5.74, 6) is 0. The molecule has 0 saturated heterocycles. The lowest BCUT2D eigenvalue weighted by Gasteiger charge is -2.45. The lowest BCUT2D eigenvalue weighted by atomic mass is 9.33. The predicted molar refractivity (Wildman–Crippen MR) is 386 cm³/mol. The number of anilines is 6. The second-order valence-corrected chi connectivity index (χ2v) is 25.7. The van der Waals surface area contributed by atoms with E-state index in [1.54, 1.807) is 27.2 Å². The molecular weight excluding hydrogens is 1130 g/mol. The quantitative estimate of drug-likeness (QED) is 0.127. The zero-order chi connectivity index (χ0) is 65.0. The van der Waals surface area contributed by atoms with Crippen LogP contribution in [0.5, 0.6) is 0 Å². The van der Waals surface area contributed by atoms with E-state index in [0.29, 0.717) is 5.69 Å². The molecule has 5 heterocycles. The standard InChI is InChI=1S/C83H47BN4S2/c85-48-49-37-38-74-66(39-49)61-29-11-14-32-71(61)86(74)52-42-77-83-78(43-52)88(73-34-16-10-28-60(73)65-41-51-20-2-4-22-54(51)56-24-6-8-26-58(56)65)76-45-68-63-31-13-18-36-80(63)90-82(68)47-70(76)84(83)69-46-81-67(62-30-12-17-35-79(62)89-81)44-75(69)87(77)72-33-15-9-27-59(72)64-40-50-19-1-3-21-53(50)55-23-5-7-25-57(55)64/h1-47H/i11D,14D,29D,32D,37D,38D,39D. The Morgan fingerprint density at radius 1 is 0.344 bits per heavy atom. The smallest absolute Gasteiger partial charge is 0.252 e. The van der Waals surface area contributed by atoms with Crippen LogP contribution >= 0.6 is 22.7 Å². The summed E-state index contributed by atoms with van der Waals surface area (Å²) in [5.41, 5.74) is 12.5. The first kappa shape index (κ1) is 43.4. The number of hydrogen-bond acceptors (Lipinski definition) is 5. The normalized spacial score (nSPS) is 13.9. The molecule has 15 aromatic carbocycles. The first-order valence-electron chi connectivity index (χ1n) is 33.7. The second-order valence-electron chi connectivity index (χ2n) is 23.6. The third-order valence-corrected chi connectivity index (χ3v) is 21.2. The molecule has 2 aliphatic rings. The van der Waals surface area contributed by atoms with E-state index in [1.165, 1.54) is 9.40 Å². The van der Waals surface area contributed by atoms with Crippen molar-refractivity contribution in [2.45, 2.75) is 0 Å². The molecule has 2 aliphatic heterocycles. The maximum absolute atomic E-state index is 10.7. The summed E-state index contributed by atoms with van der Waals surface area (Å²) in [5, 5.41) is 24.0. The van der Waals surface area contributed by atoms with E-state index in [0.717, 1.165) is 147 Å². The van der Waals surface area contributed by atoms with Crippen molar-refractivity contribution < 1.29 is 9.60 Å². The highest BCUT2D eigenvalue weighted by molar-refractivity contribution is 7.26. The van der Waals surface area contributed by atoms with Gasteiger partial charge < -0.3 is 14.4 Å². The number of fused-ring (bicyclic) bond motifs is 19. The van der Waals surface area contributed by atoms with E-state index in [4.69, 9.17) is 1.37 Å². The van der Waals surface area contributed by atoms with Crippen molar-refractivity contribution in [2.24, 2.45) is 0 Å². The fraction of sp³-hybridized carbons (Fsp3) is 0. The molecule has 20 rings (SSSR count). The van der Waals surface area contributed by atoms with E-state index in [-0.39, 0.29) is 45.5 Å². The number of rotatable bonds is 5. The van der Waals surface area contributed by atoms with Crippen molar-refractivity contribution in [2.75, 3.05) is 9.80 Å². The molecule has 4 nitrogen and oxygen atoms in total. The molecule has 90 heavy (non-hydrogen) atoms. The van der Waals surface area contributed by atoms with Crippen LogP contribution in [0.15, 0.2) is 285 Å². The van der Waals surface area contributed by atoms with Gasteiger partial charge in [0.1, 0.15) is 0 Å². The van der Waals surface area contributed by atoms with Gasteiger partial charge in [-0.05, 0) is 168 Å². The fourth-order valence-corrected chi connectivity index (χ4v) is 17.5. The Morgan fingerprint density at radius 2 is 0.800 bits per heavy atom. The van der Waals surface area contributed by atoms with Crippen molar-refractivity contribution in [3.05, 3.63) is 291 Å². The summed E-state index contributed by atoms with van der Waals surface area (Å²) >= 11 is 3.58. The molecule has 0 saturated carbocycles. The second kappa shape index (κ2) is 18.9. The van der Waals surface area contributed by atoms with E-state index < -0.39 is 30.9 Å². The van der Waals surface area contributed by atoms with E-state index in [9.17, 15) is 13.5 Å². The Morgan fingerprint density at radius 3 is 1.34 bits per heavy atom. The van der Waals surface area contributed by atoms with Crippen LogP contribution in [0.3, 0.4) is 0 Å². The van der Waals surface area contributed by atoms with Gasteiger partial charge in [-0.3, -0.25) is 0 Å². The van der Waals surface area contributed by atoms with Gasteiger partial charge in [0.15, 0.2) is 0 Å². The summed E-state index contributed by atoms with van der Waals surface area (Å²) < 4.78 is 73.9. The molecule has 0 unspecified atom stereocenters. The molecule has 18 aromatic rings. The Labute approximate surface area is 535 Å². The van der Waals surface area contributed by atoms with Crippen molar-refractivity contribution in [3.8, 4) is 34.0 Å². The molecule has 0 spiro atoms. The van der Waals surface area contributed by atoms with Gasteiger partial charge in [0, 0.05) is 85.0 Å². The minimum atomic E-state index is -0.514. The third kappa shape index (κ3) is 7.00. The molecule has 0 N–H and O–H groups in total. The molecule has 0 atom stereocenters. The van der Waals surface area contributed by atoms with Crippen molar-refractivity contribution >= 4 is 185 Å². The predicted octanol–water partition coefficient (Wildman–Crippen LogP) is 21.4. The van der Waals surface area contributed by atoms with Crippen molar-refractivity contribution in [1.82, 2.24) is 4.57 Å². The number of hydrogen-bond donors (Lipinski definition) is 0. The Kier molecular flexibility index (Phi) is 9.10. The van der Waals surface area contributed by atoms with E-state index in [1.807, 2.05) is 6.07 Å². The molecule has 0 bridgehead atoms. The number of nitrogens with zero attached hydrogens (tertiary/aromatic N) is 4. The fourth-order valence-electron chi connectivity index (χ4n) is 15.2. The zero-order valence-corrected chi connectivity index (χ0v) is 49.4. The summed E-state index contributed by atoms with van der Waals surface area (Å²) in [6, 6.07) is 86.2. The van der Waals surface area contributed by atoms with Crippen LogP contribution in [0.25, 0.3) is 133 Å². The third-order valence-electron chi connectivity index (χ3n) is 19.0. The van der Waals surface area contributed by atoms with Gasteiger partial charge in [0.2, 0.25) is 0 Å². The summed E-state index contributed by atoms with van der Waals surface area (Å²) in [6.07, 6.45) is 0. The van der Waals surface area contributed by atoms with Gasteiger partial charge in [-0.2, -0.15) is 5.26 Å². The van der Waals surface area contributed by atoms with Crippen LogP contribution in [0, 0.1) is 11.3 Å². The molecule has 3 aromatic heterocycles. The van der Waals surface area contributed by atoms with Crippen LogP contribution in [0.4, 0.5) is 34.1 Å². The van der Waals surface area contributed by atoms with Gasteiger partial charge in [-0.15, -0.1) is 22.7 Å². The Bertz CT molecular complexity index is 6380. The summed E-state index contributed by atoms with van der Waals surface area (Å²) in [4.78, 5) is 4.82. The molecule has 0 radical (unpaired) electrons. The topological polar surface area (TPSA) is 35.2 Å². The van der Waals surface area contributed by atoms with Gasteiger partial charge in [-0.25, -0.2) is 0 Å². The highest BCUT2D eigenvalue weighted by Gasteiger charge is 2.45. The average Bonchev–Trinajstić information content (AvgIpc) is 1.67. The van der Waals surface area contributed by atoms with Crippen LogP contribution in [-0.4, -0.2) is 11.3 Å². The Balaban J connectivity index is 1.00. The number of nitriles is 1. The highest BCUT2D eigenvalue weighted by atomic mass is 32.1. The maximum Gasteiger partial charge on any atom is 0.252 e. The first-order valence-corrected chi connectivity index (χ1v) is 31.8. The number of thiophene rings is 2. The van der Waals surface area contributed by atoms with Gasteiger partial charge >= 0.3 is 0 Å². The van der Waals surface area contributed by atoms with E-state index >= 15 is 0 Å². The van der Waals surface area contributed by atoms with Crippen molar-refractivity contribution in [1.29, 1.82) is 5.26 Å². The molecule has 7 heteroatoms. The number of benzene rings is 15. The zero-order valence-electron chi connectivity index (χ0n) is 54.8. The largest absolute Gasteiger partial charge is 0.311 e. The van der Waals surface area contributed by atoms with Crippen LogP contribution in [-0.2, 0) is 0 Å². The van der Waals surface area contributed by atoms with Gasteiger partial charge in [0.25, 0.3) is 6.71 Å². The van der Waals surface area contributed by atoms with Crippen LogP contribution in [0.1, 0.15) is 15.2 Å². The van der Waals surface area contributed by atoms with Gasteiger partial charge in [0.05, 0.1) is 49.3 Å². The summed E-state index contributed by atoms with van der Waals surface area (Å²) in [7, 11) is 0. The van der Waals surface area contributed by atoms with Crippen LogP contribution in [0.2, 0.25) is 0 Å². The molecular formula is C83H47BN4S2. The molecule has 0 aliphatic carbocycles. The minimum absolute atomic E-state index is 0.00583. The minimum Gasteiger partial charge on any atom is -0.311 e. The lowest BCUT2D eigenvalue weighted by molar-refractivity contribution is 1.16. The number of para-hydroxylation sites is 3. The van der Waals surface area contributed by atoms with Gasteiger partial charge in [-0.1, -0.05) is 188 Å².